The molecule has 8 nitrogen and oxygen atoms in total. The van der Waals surface area contributed by atoms with Gasteiger partial charge in [-0.15, -0.1) is 0 Å². The van der Waals surface area contributed by atoms with E-state index < -0.39 is 34.4 Å². The van der Waals surface area contributed by atoms with Crippen molar-refractivity contribution >= 4 is 17.6 Å². The fourth-order valence-electron chi connectivity index (χ4n) is 5.58. The Morgan fingerprint density at radius 1 is 1.18 bits per heavy atom. The minimum atomic E-state index is -1.32. The zero-order chi connectivity index (χ0) is 27.9. The Bertz CT molecular complexity index is 1390. The molecular formula is C28H32F3N5O3. The summed E-state index contributed by atoms with van der Waals surface area (Å²) in [6.07, 6.45) is 1.57. The van der Waals surface area contributed by atoms with Crippen LogP contribution in [0.2, 0.25) is 0 Å². The molecule has 0 radical (unpaired) electrons. The Hall–Kier alpha value is -3.44. The number of aliphatic carboxylic acids is 1. The summed E-state index contributed by atoms with van der Waals surface area (Å²) in [6, 6.07) is 6.98. The number of hydrogen-bond acceptors (Lipinski definition) is 6. The highest BCUT2D eigenvalue weighted by Gasteiger charge is 2.48. The van der Waals surface area contributed by atoms with Gasteiger partial charge in [-0.25, -0.2) is 18.2 Å². The first-order chi connectivity index (χ1) is 18.5. The number of aromatic amines is 1. The number of nitrogens with one attached hydrogen (secondary N) is 2. The molecule has 0 amide bonds. The van der Waals surface area contributed by atoms with Crippen LogP contribution in [0.3, 0.4) is 0 Å². The van der Waals surface area contributed by atoms with E-state index in [-0.39, 0.29) is 54.5 Å². The van der Waals surface area contributed by atoms with Crippen LogP contribution >= 0.6 is 0 Å². The minimum Gasteiger partial charge on any atom is -0.481 e. The number of carbonyl (C=O) groups is 1. The lowest BCUT2D eigenvalue weighted by atomic mass is 9.71. The number of rotatable bonds is 9. The number of carboxylic acids is 1. The monoisotopic (exact) mass is 543 g/mol. The van der Waals surface area contributed by atoms with Crippen molar-refractivity contribution in [3.8, 4) is 0 Å². The number of hydrogen-bond donors (Lipinski definition) is 4. The van der Waals surface area contributed by atoms with Crippen molar-refractivity contribution in [2.45, 2.75) is 70.6 Å². The maximum absolute atomic E-state index is 15.8. The fraction of sp³-hybridized carbons (Fsp3) is 0.464. The molecule has 3 heterocycles. The summed E-state index contributed by atoms with van der Waals surface area (Å²) in [5.74, 6) is -2.87. The lowest BCUT2D eigenvalue weighted by Crippen LogP contribution is -2.50. The highest BCUT2D eigenvalue weighted by molar-refractivity contribution is 5.75. The van der Waals surface area contributed by atoms with Crippen molar-refractivity contribution < 1.29 is 28.2 Å². The van der Waals surface area contributed by atoms with Crippen LogP contribution in [0.5, 0.6) is 0 Å². The molecule has 1 saturated carbocycles. The number of aliphatic hydroxyl groups is 1. The number of halogens is 3. The lowest BCUT2D eigenvalue weighted by molar-refractivity contribution is -0.154. The zero-order valence-electron chi connectivity index (χ0n) is 21.9. The molecule has 2 fully saturated rings. The number of pyridine rings is 1. The second kappa shape index (κ2) is 10.3. The van der Waals surface area contributed by atoms with Crippen LogP contribution in [0.15, 0.2) is 30.3 Å². The van der Waals surface area contributed by atoms with Gasteiger partial charge in [-0.05, 0) is 57.7 Å². The molecule has 1 aromatic carbocycles. The van der Waals surface area contributed by atoms with Crippen LogP contribution in [-0.2, 0) is 23.4 Å². The van der Waals surface area contributed by atoms with E-state index in [4.69, 9.17) is 0 Å². The largest absolute Gasteiger partial charge is 0.481 e. The first-order valence-corrected chi connectivity index (χ1v) is 13.2. The van der Waals surface area contributed by atoms with E-state index >= 15 is 4.39 Å². The predicted molar refractivity (Wildman–Crippen MR) is 138 cm³/mol. The number of benzene rings is 1. The highest BCUT2D eigenvalue weighted by Crippen LogP contribution is 2.48. The smallest absolute Gasteiger partial charge is 0.310 e. The van der Waals surface area contributed by atoms with Crippen molar-refractivity contribution in [1.82, 2.24) is 20.1 Å². The number of aromatic nitrogens is 3. The Balaban J connectivity index is 1.44. The van der Waals surface area contributed by atoms with E-state index in [9.17, 15) is 23.8 Å². The van der Waals surface area contributed by atoms with Crippen molar-refractivity contribution in [2.24, 2.45) is 5.41 Å². The molecule has 2 atom stereocenters. The molecule has 5 rings (SSSR count). The summed E-state index contributed by atoms with van der Waals surface area (Å²) < 4.78 is 43.9. The van der Waals surface area contributed by atoms with Crippen LogP contribution < -0.4 is 5.32 Å². The summed E-state index contributed by atoms with van der Waals surface area (Å²) in [5, 5.41) is 31.1. The lowest BCUT2D eigenvalue weighted by Gasteiger charge is -2.44. The average Bonchev–Trinajstić information content (AvgIpc) is 3.52. The number of carboxylic acid groups (broad SMARTS) is 1. The van der Waals surface area contributed by atoms with Gasteiger partial charge in [-0.3, -0.25) is 14.8 Å². The molecule has 208 valence electrons. The number of piperidine rings is 1. The van der Waals surface area contributed by atoms with Gasteiger partial charge in [0.05, 0.1) is 16.7 Å². The number of nitrogens with zero attached hydrogens (tertiary/aromatic N) is 3. The molecule has 0 unspecified atom stereocenters. The maximum Gasteiger partial charge on any atom is 0.310 e. The molecule has 4 N–H and O–H groups in total. The van der Waals surface area contributed by atoms with Gasteiger partial charge in [-0.2, -0.15) is 5.10 Å². The summed E-state index contributed by atoms with van der Waals surface area (Å²) in [5.41, 5.74) is -1.56. The van der Waals surface area contributed by atoms with Crippen LogP contribution in [-0.4, -0.2) is 48.9 Å². The first-order valence-electron chi connectivity index (χ1n) is 13.2. The standard InChI is InChI=1S/C28H32F3N5O3/c1-3-18-13-27(26(37)38,9-10-36(18)15-17-5-4-6-20(29)24(17)30)14-21-25(31)19(28(39)7-8-28)12-22(32-21)33-23-11-16(2)34-35-23/h4-6,11-12,18,39H,3,7-10,13-15H2,1-2H3,(H,37,38)(H2,32,33,34,35)/t18-,27-/m1/s1. The van der Waals surface area contributed by atoms with Crippen molar-refractivity contribution in [3.05, 3.63) is 70.3 Å². The van der Waals surface area contributed by atoms with Gasteiger partial charge in [0, 0.05) is 41.9 Å². The predicted octanol–water partition coefficient (Wildman–Crippen LogP) is 4.94. The Morgan fingerprint density at radius 2 is 1.95 bits per heavy atom. The molecule has 2 aliphatic rings. The molecule has 0 spiro atoms. The van der Waals surface area contributed by atoms with Crippen molar-refractivity contribution in [1.29, 1.82) is 0 Å². The zero-order valence-corrected chi connectivity index (χ0v) is 21.9. The molecule has 1 aliphatic heterocycles. The maximum atomic E-state index is 15.8. The van der Waals surface area contributed by atoms with E-state index in [2.05, 4.69) is 20.5 Å². The molecule has 1 aliphatic carbocycles. The van der Waals surface area contributed by atoms with E-state index in [1.165, 1.54) is 18.2 Å². The Morgan fingerprint density at radius 3 is 2.59 bits per heavy atom. The topological polar surface area (TPSA) is 114 Å². The second-order valence-electron chi connectivity index (χ2n) is 10.9. The summed E-state index contributed by atoms with van der Waals surface area (Å²) in [6.45, 7) is 4.19. The van der Waals surface area contributed by atoms with Gasteiger partial charge < -0.3 is 15.5 Å². The molecule has 2 aromatic heterocycles. The molecule has 11 heteroatoms. The number of H-pyrrole nitrogens is 1. The Labute approximate surface area is 224 Å². The molecule has 3 aromatic rings. The number of anilines is 2. The molecule has 1 saturated heterocycles. The average molecular weight is 544 g/mol. The molecule has 39 heavy (non-hydrogen) atoms. The number of aryl methyl sites for hydroxylation is 1. The van der Waals surface area contributed by atoms with E-state index in [1.54, 1.807) is 6.07 Å². The molecule has 0 bridgehead atoms. The minimum absolute atomic E-state index is 0.0375. The van der Waals surface area contributed by atoms with Gasteiger partial charge in [-0.1, -0.05) is 19.1 Å². The summed E-state index contributed by atoms with van der Waals surface area (Å²) in [4.78, 5) is 19.1. The van der Waals surface area contributed by atoms with E-state index in [0.717, 1.165) is 11.8 Å². The van der Waals surface area contributed by atoms with Crippen LogP contribution in [0.1, 0.15) is 61.5 Å². The normalized spacial score (nSPS) is 22.6. The van der Waals surface area contributed by atoms with Crippen molar-refractivity contribution in [2.75, 3.05) is 11.9 Å². The van der Waals surface area contributed by atoms with Crippen LogP contribution in [0.4, 0.5) is 24.8 Å². The van der Waals surface area contributed by atoms with Gasteiger partial charge in [0.25, 0.3) is 0 Å². The third-order valence-corrected chi connectivity index (χ3v) is 8.07. The van der Waals surface area contributed by atoms with Gasteiger partial charge in [0.1, 0.15) is 5.82 Å². The summed E-state index contributed by atoms with van der Waals surface area (Å²) >= 11 is 0. The van der Waals surface area contributed by atoms with Gasteiger partial charge in [0.15, 0.2) is 23.3 Å². The van der Waals surface area contributed by atoms with Crippen molar-refractivity contribution in [3.63, 3.8) is 0 Å². The van der Waals surface area contributed by atoms with Gasteiger partial charge >= 0.3 is 5.97 Å². The number of likely N-dealkylation sites (tertiary alicyclic amines) is 1. The summed E-state index contributed by atoms with van der Waals surface area (Å²) in [7, 11) is 0. The third-order valence-electron chi connectivity index (χ3n) is 8.07. The highest BCUT2D eigenvalue weighted by atomic mass is 19.2. The first kappa shape index (κ1) is 27.1. The third kappa shape index (κ3) is 5.38. The van der Waals surface area contributed by atoms with E-state index in [1.807, 2.05) is 18.7 Å². The second-order valence-corrected chi connectivity index (χ2v) is 10.9. The van der Waals surface area contributed by atoms with Crippen LogP contribution in [0, 0.1) is 29.8 Å². The quantitative estimate of drug-likeness (QED) is 0.302. The Kier molecular flexibility index (Phi) is 7.15. The molecular weight excluding hydrogens is 511 g/mol. The fourth-order valence-corrected chi connectivity index (χ4v) is 5.58. The van der Waals surface area contributed by atoms with Crippen LogP contribution in [0.25, 0.3) is 0 Å². The van der Waals surface area contributed by atoms with Gasteiger partial charge in [0.2, 0.25) is 0 Å². The SMILES string of the molecule is CC[C@@H]1C[C@](Cc2nc(Nc3cc(C)[nH]n3)cc(C3(O)CC3)c2F)(C(=O)O)CCN1Cc1cccc(F)c1F. The van der Waals surface area contributed by atoms with E-state index in [0.29, 0.717) is 31.6 Å².